The van der Waals surface area contributed by atoms with Crippen LogP contribution in [0.4, 0.5) is 5.69 Å². The lowest BCUT2D eigenvalue weighted by atomic mass is 9.88. The second-order valence-corrected chi connectivity index (χ2v) is 7.85. The molecule has 0 saturated carbocycles. The molecule has 0 aromatic heterocycles. The van der Waals surface area contributed by atoms with Crippen molar-refractivity contribution in [3.8, 4) is 11.1 Å². The minimum absolute atomic E-state index is 0.107. The molecule has 1 amide bonds. The number of hydrogen-bond donors (Lipinski definition) is 2. The second-order valence-electron chi connectivity index (χ2n) is 7.85. The summed E-state index contributed by atoms with van der Waals surface area (Å²) in [7, 11) is 1.96. The molecule has 0 fully saturated rings. The molecule has 27 heavy (non-hydrogen) atoms. The van der Waals surface area contributed by atoms with Gasteiger partial charge in [-0.3, -0.25) is 4.79 Å². The van der Waals surface area contributed by atoms with Gasteiger partial charge in [0, 0.05) is 37.3 Å². The number of nitrogens with zero attached hydrogens (tertiary/aromatic N) is 1. The molecule has 4 heteroatoms. The highest BCUT2D eigenvalue weighted by Gasteiger charge is 2.32. The van der Waals surface area contributed by atoms with E-state index in [1.165, 1.54) is 22.3 Å². The Hall–Kier alpha value is -2.17. The van der Waals surface area contributed by atoms with Gasteiger partial charge in [-0.25, -0.2) is 0 Å². The number of carbonyl (C=O) groups excluding carboxylic acids is 1. The van der Waals surface area contributed by atoms with Crippen molar-refractivity contribution >= 4 is 11.6 Å². The number of benzene rings is 2. The molecule has 0 spiro atoms. The smallest absolute Gasteiger partial charge is 0.224 e. The standard InChI is InChI=1S/C23H31N3O/c1-15(2)25-22-12-16(3)26(17(4)27)23-11-10-20(13-21(22)23)19-8-6-18(7-9-19)14-24-5/h6-11,13,15-16,22,24-25H,12,14H2,1-5H3/t16-,22+/m0/s1. The third-order valence-corrected chi connectivity index (χ3v) is 5.22. The molecule has 1 aliphatic rings. The van der Waals surface area contributed by atoms with E-state index >= 15 is 0 Å². The predicted octanol–water partition coefficient (Wildman–Crippen LogP) is 4.26. The molecule has 1 aliphatic heterocycles. The molecule has 3 rings (SSSR count). The monoisotopic (exact) mass is 365 g/mol. The minimum atomic E-state index is 0.107. The summed E-state index contributed by atoms with van der Waals surface area (Å²) in [5.74, 6) is 0.107. The Bertz CT molecular complexity index is 798. The average molecular weight is 366 g/mol. The summed E-state index contributed by atoms with van der Waals surface area (Å²) in [6.07, 6.45) is 0.926. The van der Waals surface area contributed by atoms with Crippen molar-refractivity contribution in [3.05, 3.63) is 53.6 Å². The number of rotatable bonds is 5. The molecule has 4 nitrogen and oxygen atoms in total. The first-order valence-electron chi connectivity index (χ1n) is 9.84. The normalized spacial score (nSPS) is 19.3. The molecular weight excluding hydrogens is 334 g/mol. The van der Waals surface area contributed by atoms with Gasteiger partial charge in [0.05, 0.1) is 0 Å². The lowest BCUT2D eigenvalue weighted by Crippen LogP contribution is -2.45. The maximum atomic E-state index is 12.3. The van der Waals surface area contributed by atoms with Crippen LogP contribution < -0.4 is 15.5 Å². The van der Waals surface area contributed by atoms with Gasteiger partial charge in [0.1, 0.15) is 0 Å². The third kappa shape index (κ3) is 4.23. The quantitative estimate of drug-likeness (QED) is 0.832. The van der Waals surface area contributed by atoms with Crippen molar-refractivity contribution in [3.63, 3.8) is 0 Å². The summed E-state index contributed by atoms with van der Waals surface area (Å²) in [5, 5.41) is 6.87. The fourth-order valence-corrected chi connectivity index (χ4v) is 4.10. The Morgan fingerprint density at radius 3 is 2.41 bits per heavy atom. The van der Waals surface area contributed by atoms with Gasteiger partial charge < -0.3 is 15.5 Å². The van der Waals surface area contributed by atoms with Crippen molar-refractivity contribution in [1.29, 1.82) is 0 Å². The van der Waals surface area contributed by atoms with Crippen LogP contribution in [0.5, 0.6) is 0 Å². The number of fused-ring (bicyclic) bond motifs is 1. The van der Waals surface area contributed by atoms with Crippen LogP contribution >= 0.6 is 0 Å². The van der Waals surface area contributed by atoms with Gasteiger partial charge in [0.15, 0.2) is 0 Å². The van der Waals surface area contributed by atoms with Gasteiger partial charge in [0.2, 0.25) is 5.91 Å². The molecule has 144 valence electrons. The summed E-state index contributed by atoms with van der Waals surface area (Å²) < 4.78 is 0. The summed E-state index contributed by atoms with van der Waals surface area (Å²) in [5.41, 5.74) is 5.92. The zero-order chi connectivity index (χ0) is 19.6. The highest BCUT2D eigenvalue weighted by atomic mass is 16.2. The van der Waals surface area contributed by atoms with Gasteiger partial charge in [-0.1, -0.05) is 44.2 Å². The van der Waals surface area contributed by atoms with Gasteiger partial charge in [-0.15, -0.1) is 0 Å². The van der Waals surface area contributed by atoms with E-state index in [2.05, 4.69) is 73.9 Å². The SMILES string of the molecule is CNCc1ccc(-c2ccc3c(c2)[C@H](NC(C)C)C[C@H](C)N3C(C)=O)cc1. The molecule has 1 heterocycles. The van der Waals surface area contributed by atoms with Crippen LogP contribution in [0, 0.1) is 0 Å². The van der Waals surface area contributed by atoms with Crippen LogP contribution in [0.3, 0.4) is 0 Å². The lowest BCUT2D eigenvalue weighted by Gasteiger charge is -2.40. The van der Waals surface area contributed by atoms with Crippen molar-refractivity contribution < 1.29 is 4.79 Å². The number of hydrogen-bond acceptors (Lipinski definition) is 3. The van der Waals surface area contributed by atoms with Gasteiger partial charge in [0.25, 0.3) is 0 Å². The van der Waals surface area contributed by atoms with Crippen molar-refractivity contribution in [2.75, 3.05) is 11.9 Å². The highest BCUT2D eigenvalue weighted by molar-refractivity contribution is 5.94. The van der Waals surface area contributed by atoms with E-state index in [1.54, 1.807) is 6.92 Å². The first-order chi connectivity index (χ1) is 12.9. The van der Waals surface area contributed by atoms with E-state index in [1.807, 2.05) is 11.9 Å². The summed E-state index contributed by atoms with van der Waals surface area (Å²) in [6.45, 7) is 9.01. The van der Waals surface area contributed by atoms with E-state index in [0.717, 1.165) is 18.7 Å². The summed E-state index contributed by atoms with van der Waals surface area (Å²) >= 11 is 0. The first-order valence-corrected chi connectivity index (χ1v) is 9.84. The summed E-state index contributed by atoms with van der Waals surface area (Å²) in [4.78, 5) is 14.2. The van der Waals surface area contributed by atoms with Crippen LogP contribution in [0.2, 0.25) is 0 Å². The van der Waals surface area contributed by atoms with E-state index in [9.17, 15) is 4.79 Å². The van der Waals surface area contributed by atoms with Crippen LogP contribution in [-0.2, 0) is 11.3 Å². The second kappa shape index (κ2) is 8.24. The van der Waals surface area contributed by atoms with E-state index in [0.29, 0.717) is 6.04 Å². The Balaban J connectivity index is 2.01. The molecule has 2 aromatic rings. The first kappa shape index (κ1) is 19.6. The number of nitrogens with one attached hydrogen (secondary N) is 2. The van der Waals surface area contributed by atoms with Crippen molar-refractivity contribution in [1.82, 2.24) is 10.6 Å². The molecule has 2 aromatic carbocycles. The van der Waals surface area contributed by atoms with Crippen molar-refractivity contribution in [2.45, 2.75) is 58.8 Å². The molecule has 0 saturated heterocycles. The molecule has 2 atom stereocenters. The molecule has 0 bridgehead atoms. The maximum absolute atomic E-state index is 12.3. The Labute approximate surface area is 163 Å². The van der Waals surface area contributed by atoms with E-state index in [-0.39, 0.29) is 18.0 Å². The topological polar surface area (TPSA) is 44.4 Å². The maximum Gasteiger partial charge on any atom is 0.224 e. The zero-order valence-corrected chi connectivity index (χ0v) is 17.0. The van der Waals surface area contributed by atoms with E-state index < -0.39 is 0 Å². The molecule has 0 unspecified atom stereocenters. The van der Waals surface area contributed by atoms with Crippen LogP contribution in [-0.4, -0.2) is 25.0 Å². The fraction of sp³-hybridized carbons (Fsp3) is 0.435. The highest BCUT2D eigenvalue weighted by Crippen LogP contribution is 2.39. The Kier molecular flexibility index (Phi) is 5.98. The average Bonchev–Trinajstić information content (AvgIpc) is 2.61. The molecule has 0 radical (unpaired) electrons. The number of amides is 1. The lowest BCUT2D eigenvalue weighted by molar-refractivity contribution is -0.117. The van der Waals surface area contributed by atoms with Crippen LogP contribution in [0.1, 0.15) is 51.3 Å². The third-order valence-electron chi connectivity index (χ3n) is 5.22. The minimum Gasteiger partial charge on any atom is -0.316 e. The zero-order valence-electron chi connectivity index (χ0n) is 17.0. The van der Waals surface area contributed by atoms with E-state index in [4.69, 9.17) is 0 Å². The van der Waals surface area contributed by atoms with Gasteiger partial charge in [-0.2, -0.15) is 0 Å². The largest absolute Gasteiger partial charge is 0.316 e. The van der Waals surface area contributed by atoms with Crippen LogP contribution in [0.15, 0.2) is 42.5 Å². The van der Waals surface area contributed by atoms with Gasteiger partial charge >= 0.3 is 0 Å². The Morgan fingerprint density at radius 2 is 1.81 bits per heavy atom. The predicted molar refractivity (Wildman–Crippen MR) is 113 cm³/mol. The number of carbonyl (C=O) groups is 1. The van der Waals surface area contributed by atoms with Crippen molar-refractivity contribution in [2.24, 2.45) is 0 Å². The molecule has 0 aliphatic carbocycles. The van der Waals surface area contributed by atoms with Crippen LogP contribution in [0.25, 0.3) is 11.1 Å². The number of anilines is 1. The fourth-order valence-electron chi connectivity index (χ4n) is 4.10. The molecular formula is C23H31N3O. The summed E-state index contributed by atoms with van der Waals surface area (Å²) in [6, 6.07) is 16.0. The Morgan fingerprint density at radius 1 is 1.15 bits per heavy atom. The van der Waals surface area contributed by atoms with Gasteiger partial charge in [-0.05, 0) is 54.8 Å². The molecule has 2 N–H and O–H groups in total.